The van der Waals surface area contributed by atoms with Gasteiger partial charge < -0.3 is 14.8 Å². The summed E-state index contributed by atoms with van der Waals surface area (Å²) in [6.07, 6.45) is -2.17. The number of nitriles is 1. The molecule has 0 spiro atoms. The molecule has 34 heavy (non-hydrogen) atoms. The van der Waals surface area contributed by atoms with Crippen LogP contribution in [0.5, 0.6) is 0 Å². The molecule has 0 saturated carbocycles. The number of carbonyl (C=O) groups excluding carboxylic acids is 1. The number of aromatic nitrogens is 2. The second-order valence-corrected chi connectivity index (χ2v) is 7.82. The van der Waals surface area contributed by atoms with Gasteiger partial charge in [0.15, 0.2) is 0 Å². The fraction of sp³-hybridized carbons (Fsp3) is 0.250. The minimum atomic E-state index is -4.88. The third-order valence-electron chi connectivity index (χ3n) is 5.21. The van der Waals surface area contributed by atoms with E-state index in [9.17, 15) is 28.0 Å². The maximum Gasteiger partial charge on any atom is 0.421 e. The summed E-state index contributed by atoms with van der Waals surface area (Å²) in [6.45, 7) is 3.34. The Balaban J connectivity index is 1.99. The number of aryl methyl sites for hydroxylation is 2. The summed E-state index contributed by atoms with van der Waals surface area (Å²) in [5.41, 5.74) is 0.00590. The highest BCUT2D eigenvalue weighted by Gasteiger charge is 2.35. The van der Waals surface area contributed by atoms with Gasteiger partial charge in [0, 0.05) is 44.3 Å². The largest absolute Gasteiger partial charge is 0.421 e. The van der Waals surface area contributed by atoms with Crippen LogP contribution in [0.25, 0.3) is 11.1 Å². The van der Waals surface area contributed by atoms with Crippen LogP contribution in [0.2, 0.25) is 0 Å². The normalized spacial score (nSPS) is 11.1. The molecule has 0 aliphatic carbocycles. The number of halogens is 3. The van der Waals surface area contributed by atoms with Crippen LogP contribution >= 0.6 is 0 Å². The van der Waals surface area contributed by atoms with Gasteiger partial charge in [0.2, 0.25) is 0 Å². The quantitative estimate of drug-likeness (QED) is 0.596. The number of hydrogen-bond acceptors (Lipinski definition) is 5. The first-order valence-corrected chi connectivity index (χ1v) is 10.3. The topological polar surface area (TPSA) is 91.0 Å². The van der Waals surface area contributed by atoms with Crippen molar-refractivity contribution in [1.82, 2.24) is 9.55 Å². The third-order valence-corrected chi connectivity index (χ3v) is 5.21. The van der Waals surface area contributed by atoms with Crippen LogP contribution < -0.4 is 15.8 Å². The Morgan fingerprint density at radius 1 is 1.24 bits per heavy atom. The summed E-state index contributed by atoms with van der Waals surface area (Å²) in [4.78, 5) is 30.8. The fourth-order valence-electron chi connectivity index (χ4n) is 3.46. The van der Waals surface area contributed by atoms with E-state index in [0.717, 1.165) is 16.3 Å². The zero-order chi connectivity index (χ0) is 25.2. The Morgan fingerprint density at radius 3 is 2.53 bits per heavy atom. The summed E-state index contributed by atoms with van der Waals surface area (Å²) < 4.78 is 40.7. The molecule has 0 aliphatic rings. The summed E-state index contributed by atoms with van der Waals surface area (Å²) in [5, 5.41) is 12.1. The molecule has 0 unspecified atom stereocenters. The van der Waals surface area contributed by atoms with Crippen molar-refractivity contribution in [3.63, 3.8) is 0 Å². The molecule has 0 fully saturated rings. The molecule has 1 N–H and O–H groups in total. The molecule has 3 aromatic rings. The Kier molecular flexibility index (Phi) is 6.77. The van der Waals surface area contributed by atoms with Gasteiger partial charge in [-0.3, -0.25) is 9.59 Å². The van der Waals surface area contributed by atoms with Crippen molar-refractivity contribution in [2.24, 2.45) is 0 Å². The predicted molar refractivity (Wildman–Crippen MR) is 123 cm³/mol. The van der Waals surface area contributed by atoms with Crippen molar-refractivity contribution < 1.29 is 18.0 Å². The lowest BCUT2D eigenvalue weighted by Gasteiger charge is -2.15. The number of hydrogen-bond donors (Lipinski definition) is 1. The summed E-state index contributed by atoms with van der Waals surface area (Å²) >= 11 is 0. The Morgan fingerprint density at radius 2 is 1.94 bits per heavy atom. The van der Waals surface area contributed by atoms with Gasteiger partial charge in [-0.05, 0) is 49.2 Å². The molecule has 2 heterocycles. The van der Waals surface area contributed by atoms with E-state index in [1.54, 1.807) is 49.5 Å². The number of nitrogens with one attached hydrogen (secondary N) is 1. The first-order valence-electron chi connectivity index (χ1n) is 10.3. The van der Waals surface area contributed by atoms with Crippen LogP contribution in [-0.4, -0.2) is 29.6 Å². The summed E-state index contributed by atoms with van der Waals surface area (Å²) in [5.74, 6) is -0.277. The number of anilines is 2. The Hall–Kier alpha value is -4.13. The molecule has 0 aliphatic heterocycles. The minimum Gasteiger partial charge on any atom is -0.362 e. The molecule has 10 heteroatoms. The van der Waals surface area contributed by atoms with Crippen LogP contribution in [0.15, 0.2) is 47.5 Å². The van der Waals surface area contributed by atoms with Gasteiger partial charge in [0.05, 0.1) is 11.1 Å². The molecule has 176 valence electrons. The average molecular weight is 469 g/mol. The van der Waals surface area contributed by atoms with E-state index in [-0.39, 0.29) is 12.1 Å². The number of carbonyl (C=O) groups is 1. The number of alkyl halides is 3. The third kappa shape index (κ3) is 4.93. The Labute approximate surface area is 194 Å². The summed E-state index contributed by atoms with van der Waals surface area (Å²) in [7, 11) is 3.55. The van der Waals surface area contributed by atoms with Gasteiger partial charge in [0.25, 0.3) is 11.5 Å². The van der Waals surface area contributed by atoms with Crippen molar-refractivity contribution in [3.8, 4) is 17.2 Å². The van der Waals surface area contributed by atoms with Crippen molar-refractivity contribution in [2.75, 3.05) is 24.3 Å². The molecule has 0 radical (unpaired) electrons. The van der Waals surface area contributed by atoms with Crippen LogP contribution in [0.1, 0.15) is 34.0 Å². The number of amides is 1. The standard InChI is InChI=1S/C24H22F3N5O2/c1-5-32-13-17(9-20(23(32)34)24(25,26)27)22(33)30-18-7-6-14(2)19(10-18)16-8-15(11-28)21(29-12-16)31(3)4/h6-10,12-13H,5H2,1-4H3,(H,30,33). The molecular weight excluding hydrogens is 447 g/mol. The lowest BCUT2D eigenvalue weighted by Crippen LogP contribution is -2.30. The average Bonchev–Trinajstić information content (AvgIpc) is 2.79. The summed E-state index contributed by atoms with van der Waals surface area (Å²) in [6, 6.07) is 9.37. The maximum absolute atomic E-state index is 13.3. The number of nitrogens with zero attached hydrogens (tertiary/aromatic N) is 4. The monoisotopic (exact) mass is 469 g/mol. The van der Waals surface area contributed by atoms with Crippen molar-refractivity contribution >= 4 is 17.4 Å². The zero-order valence-corrected chi connectivity index (χ0v) is 19.0. The van der Waals surface area contributed by atoms with Crippen LogP contribution in [0.3, 0.4) is 0 Å². The van der Waals surface area contributed by atoms with Gasteiger partial charge in [-0.25, -0.2) is 4.98 Å². The molecular formula is C24H22F3N5O2. The Bertz CT molecular complexity index is 1350. The highest BCUT2D eigenvalue weighted by atomic mass is 19.4. The van der Waals surface area contributed by atoms with E-state index < -0.39 is 23.2 Å². The molecule has 3 rings (SSSR count). The lowest BCUT2D eigenvalue weighted by molar-refractivity contribution is -0.139. The van der Waals surface area contributed by atoms with E-state index in [0.29, 0.717) is 34.3 Å². The first kappa shape index (κ1) is 24.5. The minimum absolute atomic E-state index is 0.0190. The van der Waals surface area contributed by atoms with E-state index in [1.807, 2.05) is 6.92 Å². The highest BCUT2D eigenvalue weighted by molar-refractivity contribution is 6.04. The van der Waals surface area contributed by atoms with Crippen LogP contribution in [-0.2, 0) is 12.7 Å². The smallest absolute Gasteiger partial charge is 0.362 e. The van der Waals surface area contributed by atoms with Crippen molar-refractivity contribution in [3.05, 3.63) is 75.3 Å². The number of pyridine rings is 2. The van der Waals surface area contributed by atoms with Gasteiger partial charge in [-0.1, -0.05) is 6.07 Å². The van der Waals surface area contributed by atoms with Crippen LogP contribution in [0.4, 0.5) is 24.7 Å². The fourth-order valence-corrected chi connectivity index (χ4v) is 3.46. The lowest BCUT2D eigenvalue weighted by atomic mass is 10.00. The van der Waals surface area contributed by atoms with Crippen molar-refractivity contribution in [2.45, 2.75) is 26.6 Å². The highest BCUT2D eigenvalue weighted by Crippen LogP contribution is 2.30. The van der Waals surface area contributed by atoms with E-state index in [2.05, 4.69) is 16.4 Å². The molecule has 0 atom stereocenters. The van der Waals surface area contributed by atoms with Gasteiger partial charge in [-0.15, -0.1) is 0 Å². The number of rotatable bonds is 5. The molecule has 7 nitrogen and oxygen atoms in total. The molecule has 0 saturated heterocycles. The maximum atomic E-state index is 13.3. The van der Waals surface area contributed by atoms with Gasteiger partial charge in [0.1, 0.15) is 17.5 Å². The molecule has 0 bridgehead atoms. The number of benzene rings is 1. The van der Waals surface area contributed by atoms with Crippen molar-refractivity contribution in [1.29, 1.82) is 5.26 Å². The van der Waals surface area contributed by atoms with E-state index >= 15 is 0 Å². The second kappa shape index (κ2) is 9.39. The first-order chi connectivity index (χ1) is 16.0. The molecule has 1 amide bonds. The molecule has 2 aromatic heterocycles. The second-order valence-electron chi connectivity index (χ2n) is 7.82. The zero-order valence-electron chi connectivity index (χ0n) is 19.0. The SMILES string of the molecule is CCn1cc(C(=O)Nc2ccc(C)c(-c3cnc(N(C)C)c(C#N)c3)c2)cc(C(F)(F)F)c1=O. The van der Waals surface area contributed by atoms with Gasteiger partial charge >= 0.3 is 6.18 Å². The predicted octanol–water partition coefficient (Wildman–Crippen LogP) is 4.45. The van der Waals surface area contributed by atoms with E-state index in [4.69, 9.17) is 0 Å². The van der Waals surface area contributed by atoms with E-state index in [1.165, 1.54) is 6.92 Å². The van der Waals surface area contributed by atoms with Gasteiger partial charge in [-0.2, -0.15) is 18.4 Å². The van der Waals surface area contributed by atoms with Crippen LogP contribution in [0, 0.1) is 18.3 Å². The molecule has 1 aromatic carbocycles.